The molecule has 6 heterocycles. The molecule has 0 radical (unpaired) electrons. The van der Waals surface area contributed by atoms with Crippen molar-refractivity contribution < 1.29 is 4.79 Å². The molecule has 3 fully saturated rings. The minimum absolute atomic E-state index is 0.283. The van der Waals surface area contributed by atoms with E-state index in [9.17, 15) is 4.79 Å². The topological polar surface area (TPSA) is 102 Å². The first kappa shape index (κ1) is 22.3. The number of aromatic nitrogens is 4. The Kier molecular flexibility index (Phi) is 6.01. The van der Waals surface area contributed by atoms with Crippen LogP contribution in [-0.4, -0.2) is 73.6 Å². The van der Waals surface area contributed by atoms with Crippen molar-refractivity contribution in [3.63, 3.8) is 0 Å². The van der Waals surface area contributed by atoms with Gasteiger partial charge in [-0.3, -0.25) is 19.8 Å². The molecule has 2 bridgehead atoms. The molecule has 9 nitrogen and oxygen atoms in total. The molecule has 3 aliphatic rings. The number of H-pyrrole nitrogens is 1. The molecule has 0 aromatic carbocycles. The van der Waals surface area contributed by atoms with E-state index in [4.69, 9.17) is 4.98 Å². The van der Waals surface area contributed by atoms with Crippen LogP contribution in [0.1, 0.15) is 50.6 Å². The van der Waals surface area contributed by atoms with E-state index in [-0.39, 0.29) is 6.04 Å². The maximum Gasteiger partial charge on any atom is 0.237 e. The molecule has 3 N–H and O–H groups in total. The number of likely N-dealkylation sites (tertiary alicyclic amines) is 1. The van der Waals surface area contributed by atoms with Gasteiger partial charge in [-0.2, -0.15) is 5.10 Å². The number of hydrogen-bond donors (Lipinski definition) is 3. The van der Waals surface area contributed by atoms with Crippen molar-refractivity contribution in [1.29, 1.82) is 0 Å². The Hall–Kier alpha value is -3.20. The lowest BCUT2D eigenvalue weighted by molar-refractivity contribution is -0.137. The zero-order valence-corrected chi connectivity index (χ0v) is 20.3. The van der Waals surface area contributed by atoms with Gasteiger partial charge in [-0.25, -0.2) is 4.98 Å². The molecule has 0 aliphatic carbocycles. The van der Waals surface area contributed by atoms with Crippen LogP contribution in [0.25, 0.3) is 10.9 Å². The van der Waals surface area contributed by atoms with Crippen LogP contribution in [0, 0.1) is 6.92 Å². The average molecular weight is 475 g/mol. The van der Waals surface area contributed by atoms with Crippen molar-refractivity contribution in [2.45, 2.75) is 70.0 Å². The first-order chi connectivity index (χ1) is 17.1. The summed E-state index contributed by atoms with van der Waals surface area (Å²) in [6, 6.07) is 8.84. The number of rotatable bonds is 6. The fourth-order valence-electron chi connectivity index (χ4n) is 6.15. The summed E-state index contributed by atoms with van der Waals surface area (Å²) in [5, 5.41) is 15.3. The second kappa shape index (κ2) is 9.45. The Balaban J connectivity index is 1.17. The number of carbonyl (C=O) groups excluding carboxylic acids is 1. The highest BCUT2D eigenvalue weighted by Crippen LogP contribution is 2.38. The summed E-state index contributed by atoms with van der Waals surface area (Å²) in [7, 11) is 0. The summed E-state index contributed by atoms with van der Waals surface area (Å²) in [5.74, 6) is 2.60. The van der Waals surface area contributed by atoms with Gasteiger partial charge < -0.3 is 15.5 Å². The van der Waals surface area contributed by atoms with Crippen molar-refractivity contribution in [2.75, 3.05) is 30.3 Å². The summed E-state index contributed by atoms with van der Waals surface area (Å²) in [5.41, 5.74) is 1.87. The second-order valence-electron chi connectivity index (χ2n) is 10.3. The molecule has 1 unspecified atom stereocenters. The number of aryl methyl sites for hydroxylation is 1. The molecule has 0 spiro atoms. The highest BCUT2D eigenvalue weighted by Gasteiger charge is 2.43. The molecule has 3 aromatic rings. The van der Waals surface area contributed by atoms with Crippen LogP contribution in [0.4, 0.5) is 17.5 Å². The number of fused-ring (bicyclic) bond motifs is 3. The standard InChI is InChI=1S/C26H34N8O/c1-17-12-24(32-31-17)29-23-15-22-21(6-5-9-27-22)26(30-23)28-18-13-19-7-8-20(14-18)34(19)25(35)16-33-10-3-2-4-11-33/h5-6,9,12,15,18-20H,2-4,7-8,10-11,13-14,16H2,1H3,(H3,28,29,30,31,32)/t18-,19-,20?/m0/s1. The Morgan fingerprint density at radius 1 is 1.11 bits per heavy atom. The highest BCUT2D eigenvalue weighted by atomic mass is 16.2. The largest absolute Gasteiger partial charge is 0.367 e. The molecular formula is C26H34N8O. The van der Waals surface area contributed by atoms with E-state index >= 15 is 0 Å². The van der Waals surface area contributed by atoms with Crippen molar-refractivity contribution in [3.8, 4) is 0 Å². The minimum Gasteiger partial charge on any atom is -0.367 e. The first-order valence-corrected chi connectivity index (χ1v) is 13.0. The maximum atomic E-state index is 13.2. The van der Waals surface area contributed by atoms with Crippen LogP contribution in [0.2, 0.25) is 0 Å². The third-order valence-electron chi connectivity index (χ3n) is 7.73. The van der Waals surface area contributed by atoms with Gasteiger partial charge in [0, 0.05) is 47.5 Å². The summed E-state index contributed by atoms with van der Waals surface area (Å²) in [6.07, 6.45) is 9.66. The molecule has 3 saturated heterocycles. The zero-order valence-electron chi connectivity index (χ0n) is 20.3. The first-order valence-electron chi connectivity index (χ1n) is 13.0. The number of amides is 1. The third kappa shape index (κ3) is 4.69. The van der Waals surface area contributed by atoms with Crippen molar-refractivity contribution in [2.24, 2.45) is 0 Å². The number of aromatic amines is 1. The van der Waals surface area contributed by atoms with Crippen LogP contribution < -0.4 is 10.6 Å². The van der Waals surface area contributed by atoms with E-state index in [1.54, 1.807) is 6.20 Å². The molecule has 35 heavy (non-hydrogen) atoms. The number of pyridine rings is 2. The maximum absolute atomic E-state index is 13.2. The Bertz CT molecular complexity index is 1190. The van der Waals surface area contributed by atoms with Gasteiger partial charge in [0.25, 0.3) is 0 Å². The van der Waals surface area contributed by atoms with Crippen LogP contribution in [0.15, 0.2) is 30.5 Å². The lowest BCUT2D eigenvalue weighted by Gasteiger charge is -2.40. The molecule has 9 heteroatoms. The number of piperidine rings is 2. The van der Waals surface area contributed by atoms with Gasteiger partial charge in [0.05, 0.1) is 12.1 Å². The molecule has 3 aromatic heterocycles. The van der Waals surface area contributed by atoms with Crippen molar-refractivity contribution >= 4 is 34.3 Å². The fourth-order valence-corrected chi connectivity index (χ4v) is 6.15. The average Bonchev–Trinajstić information content (AvgIpc) is 3.39. The van der Waals surface area contributed by atoms with Crippen LogP contribution in [-0.2, 0) is 4.79 Å². The number of carbonyl (C=O) groups is 1. The molecule has 6 rings (SSSR count). The van der Waals surface area contributed by atoms with Crippen LogP contribution >= 0.6 is 0 Å². The molecule has 1 amide bonds. The quantitative estimate of drug-likeness (QED) is 0.499. The monoisotopic (exact) mass is 474 g/mol. The van der Waals surface area contributed by atoms with Crippen LogP contribution in [0.5, 0.6) is 0 Å². The normalized spacial score (nSPS) is 24.6. The van der Waals surface area contributed by atoms with Gasteiger partial charge in [-0.05, 0) is 70.7 Å². The number of nitrogens with zero attached hydrogens (tertiary/aromatic N) is 5. The summed E-state index contributed by atoms with van der Waals surface area (Å²) < 4.78 is 0. The van der Waals surface area contributed by atoms with Gasteiger partial charge >= 0.3 is 0 Å². The lowest BCUT2D eigenvalue weighted by atomic mass is 9.96. The predicted octanol–water partition coefficient (Wildman–Crippen LogP) is 3.82. The minimum atomic E-state index is 0.283. The van der Waals surface area contributed by atoms with Crippen molar-refractivity contribution in [3.05, 3.63) is 36.2 Å². The molecule has 3 aliphatic heterocycles. The van der Waals surface area contributed by atoms with Gasteiger partial charge in [0.1, 0.15) is 11.6 Å². The molecule has 0 saturated carbocycles. The number of hydrogen-bond acceptors (Lipinski definition) is 7. The van der Waals surface area contributed by atoms with E-state index in [2.05, 4.69) is 41.7 Å². The highest BCUT2D eigenvalue weighted by molar-refractivity contribution is 5.91. The van der Waals surface area contributed by atoms with E-state index in [0.717, 1.165) is 67.0 Å². The van der Waals surface area contributed by atoms with Gasteiger partial charge in [-0.15, -0.1) is 0 Å². The fraction of sp³-hybridized carbons (Fsp3) is 0.538. The second-order valence-corrected chi connectivity index (χ2v) is 10.3. The van der Waals surface area contributed by atoms with Gasteiger partial charge in [0.15, 0.2) is 5.82 Å². The summed E-state index contributed by atoms with van der Waals surface area (Å²) in [4.78, 5) is 27.2. The lowest BCUT2D eigenvalue weighted by Crippen LogP contribution is -2.52. The van der Waals surface area contributed by atoms with Crippen LogP contribution in [0.3, 0.4) is 0 Å². The van der Waals surface area contributed by atoms with Gasteiger partial charge in [0.2, 0.25) is 5.91 Å². The van der Waals surface area contributed by atoms with E-state index in [1.165, 1.54) is 19.3 Å². The summed E-state index contributed by atoms with van der Waals surface area (Å²) in [6.45, 7) is 4.68. The smallest absolute Gasteiger partial charge is 0.237 e. The Morgan fingerprint density at radius 3 is 2.66 bits per heavy atom. The Labute approximate surface area is 205 Å². The molecule has 184 valence electrons. The van der Waals surface area contributed by atoms with E-state index < -0.39 is 0 Å². The van der Waals surface area contributed by atoms with Crippen molar-refractivity contribution in [1.82, 2.24) is 30.0 Å². The Morgan fingerprint density at radius 2 is 1.91 bits per heavy atom. The number of nitrogens with one attached hydrogen (secondary N) is 3. The van der Waals surface area contributed by atoms with E-state index in [1.807, 2.05) is 25.1 Å². The van der Waals surface area contributed by atoms with Gasteiger partial charge in [-0.1, -0.05) is 6.42 Å². The molecular weight excluding hydrogens is 440 g/mol. The SMILES string of the molecule is Cc1cc(Nc2cc3ncccc3c(N[C@@H]3CC4CC[C@@H](C3)N4C(=O)CN3CCCCC3)n2)n[nH]1. The zero-order chi connectivity index (χ0) is 23.8. The predicted molar refractivity (Wildman–Crippen MR) is 137 cm³/mol. The third-order valence-corrected chi connectivity index (χ3v) is 7.73. The summed E-state index contributed by atoms with van der Waals surface area (Å²) >= 11 is 0. The number of anilines is 3. The van der Waals surface area contributed by atoms with E-state index in [0.29, 0.717) is 30.4 Å². The molecule has 3 atom stereocenters.